The van der Waals surface area contributed by atoms with Gasteiger partial charge in [0.2, 0.25) is 0 Å². The molecule has 1 aromatic rings. The molecule has 2 atom stereocenters. The minimum Gasteiger partial charge on any atom is -0.387 e. The lowest BCUT2D eigenvalue weighted by atomic mass is 10.0. The van der Waals surface area contributed by atoms with Crippen LogP contribution in [-0.2, 0) is 0 Å². The number of thioether (sulfide) groups is 1. The molecule has 1 aliphatic heterocycles. The van der Waals surface area contributed by atoms with Crippen molar-refractivity contribution in [3.8, 4) is 0 Å². The number of hydrogen-bond donors (Lipinski definition) is 2. The Morgan fingerprint density at radius 1 is 1.67 bits per heavy atom. The van der Waals surface area contributed by atoms with Crippen LogP contribution in [0.15, 0.2) is 12.3 Å². The van der Waals surface area contributed by atoms with Crippen molar-refractivity contribution in [1.82, 2.24) is 4.98 Å². The van der Waals surface area contributed by atoms with Gasteiger partial charge in [-0.3, -0.25) is 0 Å². The van der Waals surface area contributed by atoms with E-state index in [1.165, 1.54) is 6.42 Å². The van der Waals surface area contributed by atoms with E-state index < -0.39 is 6.10 Å². The van der Waals surface area contributed by atoms with Crippen LogP contribution in [0.5, 0.6) is 0 Å². The van der Waals surface area contributed by atoms with Gasteiger partial charge in [-0.25, -0.2) is 4.98 Å². The van der Waals surface area contributed by atoms with E-state index in [1.807, 2.05) is 24.8 Å². The molecule has 2 unspecified atom stereocenters. The highest BCUT2D eigenvalue weighted by Gasteiger charge is 2.26. The Hall–Kier alpha value is -0.740. The fourth-order valence-corrected chi connectivity index (χ4v) is 3.19. The number of aromatic nitrogens is 1. The van der Waals surface area contributed by atoms with E-state index in [4.69, 9.17) is 5.73 Å². The lowest BCUT2D eigenvalue weighted by Gasteiger charge is -2.18. The number of nitrogen functional groups attached to an aromatic ring is 1. The molecule has 0 bridgehead atoms. The van der Waals surface area contributed by atoms with Crippen LogP contribution in [0.25, 0.3) is 0 Å². The lowest BCUT2D eigenvalue weighted by Crippen LogP contribution is -2.14. The van der Waals surface area contributed by atoms with Crippen LogP contribution in [-0.4, -0.2) is 21.1 Å². The maximum atomic E-state index is 10.2. The third-order valence-electron chi connectivity index (χ3n) is 2.72. The van der Waals surface area contributed by atoms with Crippen LogP contribution in [0.1, 0.15) is 30.1 Å². The average molecular weight is 224 g/mol. The maximum absolute atomic E-state index is 10.2. The lowest BCUT2D eigenvalue weighted by molar-refractivity contribution is 0.173. The first-order chi connectivity index (χ1) is 7.18. The molecule has 82 valence electrons. The Labute approximate surface area is 94.1 Å². The summed E-state index contributed by atoms with van der Waals surface area (Å²) in [6, 6.07) is 1.94. The van der Waals surface area contributed by atoms with Crippen LogP contribution in [0.4, 0.5) is 5.82 Å². The summed E-state index contributed by atoms with van der Waals surface area (Å²) in [5.41, 5.74) is 7.61. The first-order valence-electron chi connectivity index (χ1n) is 5.20. The molecular weight excluding hydrogens is 208 g/mol. The smallest absolute Gasteiger partial charge is 0.129 e. The standard InChI is InChI=1S/C11H16N2OS/c1-7-5-8(11(12)13-6-7)10(14)9-3-2-4-15-9/h5-6,9-10,14H,2-4H2,1H3,(H2,12,13). The number of hydrogen-bond acceptors (Lipinski definition) is 4. The van der Waals surface area contributed by atoms with E-state index in [9.17, 15) is 5.11 Å². The molecule has 1 aromatic heterocycles. The van der Waals surface area contributed by atoms with Gasteiger partial charge >= 0.3 is 0 Å². The van der Waals surface area contributed by atoms with Crippen molar-refractivity contribution in [2.45, 2.75) is 31.1 Å². The number of rotatable bonds is 2. The first kappa shape index (κ1) is 10.8. The zero-order valence-corrected chi connectivity index (χ0v) is 9.63. The SMILES string of the molecule is Cc1cnc(N)c(C(O)C2CCCS2)c1. The summed E-state index contributed by atoms with van der Waals surface area (Å²) >= 11 is 1.83. The zero-order chi connectivity index (χ0) is 10.8. The largest absolute Gasteiger partial charge is 0.387 e. The Bertz CT molecular complexity index is 350. The molecule has 0 spiro atoms. The van der Waals surface area contributed by atoms with Crippen LogP contribution in [0, 0.1) is 6.92 Å². The van der Waals surface area contributed by atoms with E-state index in [1.54, 1.807) is 6.20 Å². The molecule has 0 amide bonds. The van der Waals surface area contributed by atoms with Crippen LogP contribution in [0.3, 0.4) is 0 Å². The molecule has 1 fully saturated rings. The van der Waals surface area contributed by atoms with Crippen molar-refractivity contribution in [1.29, 1.82) is 0 Å². The van der Waals surface area contributed by atoms with Gasteiger partial charge in [-0.05, 0) is 37.1 Å². The van der Waals surface area contributed by atoms with E-state index in [0.717, 1.165) is 23.3 Å². The van der Waals surface area contributed by atoms with E-state index in [2.05, 4.69) is 4.98 Å². The molecule has 3 nitrogen and oxygen atoms in total. The number of aliphatic hydroxyl groups excluding tert-OH is 1. The Morgan fingerprint density at radius 3 is 3.13 bits per heavy atom. The van der Waals surface area contributed by atoms with Crippen molar-refractivity contribution in [2.75, 3.05) is 11.5 Å². The third kappa shape index (κ3) is 2.26. The average Bonchev–Trinajstić information content (AvgIpc) is 2.74. The number of pyridine rings is 1. The first-order valence-corrected chi connectivity index (χ1v) is 6.25. The normalized spacial score (nSPS) is 22.9. The molecule has 2 rings (SSSR count). The zero-order valence-electron chi connectivity index (χ0n) is 8.81. The molecule has 1 aliphatic rings. The number of aliphatic hydroxyl groups is 1. The van der Waals surface area contributed by atoms with Gasteiger partial charge in [0.1, 0.15) is 5.82 Å². The van der Waals surface area contributed by atoms with Gasteiger partial charge < -0.3 is 10.8 Å². The topological polar surface area (TPSA) is 59.1 Å². The molecule has 0 radical (unpaired) electrons. The van der Waals surface area contributed by atoms with Crippen molar-refractivity contribution < 1.29 is 5.11 Å². The highest BCUT2D eigenvalue weighted by atomic mass is 32.2. The van der Waals surface area contributed by atoms with Gasteiger partial charge in [0, 0.05) is 17.0 Å². The predicted octanol–water partition coefficient (Wildman–Crippen LogP) is 1.90. The van der Waals surface area contributed by atoms with Crippen LogP contribution < -0.4 is 5.73 Å². The second-order valence-corrected chi connectivity index (χ2v) is 5.33. The quantitative estimate of drug-likeness (QED) is 0.805. The summed E-state index contributed by atoms with van der Waals surface area (Å²) in [5, 5.41) is 10.5. The Kier molecular flexibility index (Phi) is 3.17. The highest BCUT2D eigenvalue weighted by molar-refractivity contribution is 8.00. The number of anilines is 1. The Morgan fingerprint density at radius 2 is 2.47 bits per heavy atom. The molecule has 0 saturated carbocycles. The highest BCUT2D eigenvalue weighted by Crippen LogP contribution is 2.37. The van der Waals surface area contributed by atoms with Crippen molar-refractivity contribution >= 4 is 17.6 Å². The fourth-order valence-electron chi connectivity index (χ4n) is 1.89. The van der Waals surface area contributed by atoms with Crippen molar-refractivity contribution in [3.63, 3.8) is 0 Å². The molecular formula is C11H16N2OS. The Balaban J connectivity index is 2.23. The van der Waals surface area contributed by atoms with Gasteiger partial charge in [-0.15, -0.1) is 0 Å². The van der Waals surface area contributed by atoms with E-state index >= 15 is 0 Å². The number of nitrogens with two attached hydrogens (primary N) is 1. The monoisotopic (exact) mass is 224 g/mol. The third-order valence-corrected chi connectivity index (χ3v) is 4.17. The van der Waals surface area contributed by atoms with Gasteiger partial charge in [0.15, 0.2) is 0 Å². The molecule has 15 heavy (non-hydrogen) atoms. The summed E-state index contributed by atoms with van der Waals surface area (Å²) in [6.07, 6.45) is 3.52. The molecule has 1 saturated heterocycles. The summed E-state index contributed by atoms with van der Waals surface area (Å²) in [7, 11) is 0. The van der Waals surface area contributed by atoms with Crippen LogP contribution in [0.2, 0.25) is 0 Å². The molecule has 0 aromatic carbocycles. The molecule has 4 heteroatoms. The van der Waals surface area contributed by atoms with Crippen LogP contribution >= 0.6 is 11.8 Å². The van der Waals surface area contributed by atoms with E-state index in [-0.39, 0.29) is 5.25 Å². The van der Waals surface area contributed by atoms with Gasteiger partial charge in [-0.1, -0.05) is 0 Å². The van der Waals surface area contributed by atoms with E-state index in [0.29, 0.717) is 5.82 Å². The predicted molar refractivity (Wildman–Crippen MR) is 63.8 cm³/mol. The van der Waals surface area contributed by atoms with Crippen molar-refractivity contribution in [3.05, 3.63) is 23.4 Å². The molecule has 2 heterocycles. The summed E-state index contributed by atoms with van der Waals surface area (Å²) in [4.78, 5) is 4.08. The summed E-state index contributed by atoms with van der Waals surface area (Å²) in [5.74, 6) is 1.60. The number of aryl methyl sites for hydroxylation is 1. The second kappa shape index (κ2) is 4.41. The summed E-state index contributed by atoms with van der Waals surface area (Å²) < 4.78 is 0. The minimum absolute atomic E-state index is 0.288. The number of nitrogens with zero attached hydrogens (tertiary/aromatic N) is 1. The van der Waals surface area contributed by atoms with Gasteiger partial charge in [0.05, 0.1) is 6.10 Å². The van der Waals surface area contributed by atoms with Gasteiger partial charge in [-0.2, -0.15) is 11.8 Å². The molecule has 0 aliphatic carbocycles. The summed E-state index contributed by atoms with van der Waals surface area (Å²) in [6.45, 7) is 1.96. The van der Waals surface area contributed by atoms with Crippen molar-refractivity contribution in [2.24, 2.45) is 0 Å². The fraction of sp³-hybridized carbons (Fsp3) is 0.545. The minimum atomic E-state index is -0.468. The molecule has 3 N–H and O–H groups in total. The second-order valence-electron chi connectivity index (χ2n) is 3.98. The maximum Gasteiger partial charge on any atom is 0.129 e. The van der Waals surface area contributed by atoms with Gasteiger partial charge in [0.25, 0.3) is 0 Å².